The third-order valence-electron chi connectivity index (χ3n) is 2.64. The molecule has 4 nitrogen and oxygen atoms in total. The van der Waals surface area contributed by atoms with Gasteiger partial charge in [-0.05, 0) is 36.4 Å². The summed E-state index contributed by atoms with van der Waals surface area (Å²) in [7, 11) is 0. The van der Waals surface area contributed by atoms with Crippen molar-refractivity contribution in [1.29, 1.82) is 0 Å². The predicted octanol–water partition coefficient (Wildman–Crippen LogP) is 3.60. The van der Waals surface area contributed by atoms with Crippen LogP contribution in [0.3, 0.4) is 0 Å². The lowest BCUT2D eigenvalue weighted by Crippen LogP contribution is -2.14. The van der Waals surface area contributed by atoms with Crippen LogP contribution < -0.4 is 15.8 Å². The molecule has 0 aliphatic heterocycles. The largest absolute Gasteiger partial charge is 0.435 e. The van der Waals surface area contributed by atoms with Crippen LogP contribution in [-0.4, -0.2) is 18.3 Å². The molecule has 3 N–H and O–H groups in total. The number of para-hydroxylation sites is 1. The lowest BCUT2D eigenvalue weighted by Gasteiger charge is -2.08. The lowest BCUT2D eigenvalue weighted by molar-refractivity contribution is -0.113. The topological polar surface area (TPSA) is 64.4 Å². The van der Waals surface area contributed by atoms with Crippen LogP contribution in [0.15, 0.2) is 53.4 Å². The van der Waals surface area contributed by atoms with Crippen LogP contribution in [0, 0.1) is 0 Å². The van der Waals surface area contributed by atoms with E-state index in [1.165, 1.54) is 36.0 Å². The zero-order chi connectivity index (χ0) is 15.9. The maximum Gasteiger partial charge on any atom is 0.387 e. The molecule has 7 heteroatoms. The third kappa shape index (κ3) is 4.92. The van der Waals surface area contributed by atoms with Gasteiger partial charge in [0, 0.05) is 16.3 Å². The van der Waals surface area contributed by atoms with Crippen LogP contribution in [0.4, 0.5) is 20.2 Å². The molecule has 0 aromatic heterocycles. The monoisotopic (exact) mass is 324 g/mol. The van der Waals surface area contributed by atoms with E-state index in [1.807, 2.05) is 18.2 Å². The molecule has 0 saturated heterocycles. The number of alkyl halides is 2. The first-order chi connectivity index (χ1) is 10.5. The number of thioether (sulfide) groups is 1. The van der Waals surface area contributed by atoms with Gasteiger partial charge in [-0.1, -0.05) is 12.1 Å². The number of halogens is 2. The summed E-state index contributed by atoms with van der Waals surface area (Å²) in [5, 5.41) is 2.67. The van der Waals surface area contributed by atoms with Gasteiger partial charge in [-0.25, -0.2) is 0 Å². The van der Waals surface area contributed by atoms with Crippen molar-refractivity contribution in [3.8, 4) is 5.75 Å². The second kappa shape index (κ2) is 7.65. The molecule has 0 heterocycles. The number of hydrogen-bond donors (Lipinski definition) is 2. The quantitative estimate of drug-likeness (QED) is 0.629. The van der Waals surface area contributed by atoms with E-state index in [0.29, 0.717) is 11.4 Å². The van der Waals surface area contributed by atoms with E-state index in [1.54, 1.807) is 6.07 Å². The van der Waals surface area contributed by atoms with Crippen molar-refractivity contribution in [2.24, 2.45) is 0 Å². The number of rotatable bonds is 6. The fourth-order valence-corrected chi connectivity index (χ4v) is 2.44. The second-order valence-electron chi connectivity index (χ2n) is 4.28. The SMILES string of the molecule is Nc1ccccc1SCC(=O)Nc1ccc(OC(F)F)cc1. The van der Waals surface area contributed by atoms with Gasteiger partial charge in [-0.3, -0.25) is 4.79 Å². The van der Waals surface area contributed by atoms with E-state index in [-0.39, 0.29) is 17.4 Å². The molecule has 0 saturated carbocycles. The van der Waals surface area contributed by atoms with Crippen molar-refractivity contribution in [1.82, 2.24) is 0 Å². The Morgan fingerprint density at radius 3 is 2.50 bits per heavy atom. The number of nitrogens with one attached hydrogen (secondary N) is 1. The molecule has 0 aliphatic rings. The highest BCUT2D eigenvalue weighted by Gasteiger charge is 2.07. The molecule has 0 spiro atoms. The maximum absolute atomic E-state index is 12.0. The Morgan fingerprint density at radius 2 is 1.86 bits per heavy atom. The van der Waals surface area contributed by atoms with Crippen molar-refractivity contribution >= 4 is 29.0 Å². The molecule has 22 heavy (non-hydrogen) atoms. The molecule has 2 aromatic carbocycles. The number of nitrogen functional groups attached to an aromatic ring is 1. The van der Waals surface area contributed by atoms with Gasteiger partial charge in [-0.15, -0.1) is 11.8 Å². The van der Waals surface area contributed by atoms with E-state index in [0.717, 1.165) is 4.90 Å². The summed E-state index contributed by atoms with van der Waals surface area (Å²) >= 11 is 1.33. The van der Waals surface area contributed by atoms with Crippen molar-refractivity contribution < 1.29 is 18.3 Å². The molecule has 0 bridgehead atoms. The first-order valence-electron chi connectivity index (χ1n) is 6.36. The summed E-state index contributed by atoms with van der Waals surface area (Å²) in [6.07, 6.45) is 0. The molecular formula is C15H14F2N2O2S. The zero-order valence-corrected chi connectivity index (χ0v) is 12.3. The first-order valence-corrected chi connectivity index (χ1v) is 7.35. The van der Waals surface area contributed by atoms with E-state index < -0.39 is 6.61 Å². The molecule has 0 aliphatic carbocycles. The molecule has 2 aromatic rings. The number of carbonyl (C=O) groups excluding carboxylic acids is 1. The van der Waals surface area contributed by atoms with E-state index in [2.05, 4.69) is 10.1 Å². The van der Waals surface area contributed by atoms with Crippen LogP contribution in [0.1, 0.15) is 0 Å². The fraction of sp³-hybridized carbons (Fsp3) is 0.133. The number of carbonyl (C=O) groups is 1. The number of nitrogens with two attached hydrogens (primary N) is 1. The van der Waals surface area contributed by atoms with Gasteiger partial charge >= 0.3 is 6.61 Å². The Labute approximate surface area is 130 Å². The smallest absolute Gasteiger partial charge is 0.387 e. The van der Waals surface area contributed by atoms with Gasteiger partial charge in [0.1, 0.15) is 5.75 Å². The summed E-state index contributed by atoms with van der Waals surface area (Å²) in [4.78, 5) is 12.7. The molecule has 0 unspecified atom stereocenters. The van der Waals surface area contributed by atoms with E-state index in [9.17, 15) is 13.6 Å². The van der Waals surface area contributed by atoms with Crippen LogP contribution in [0.5, 0.6) is 5.75 Å². The number of hydrogen-bond acceptors (Lipinski definition) is 4. The van der Waals surface area contributed by atoms with E-state index >= 15 is 0 Å². The van der Waals surface area contributed by atoms with Gasteiger partial charge in [0.25, 0.3) is 0 Å². The van der Waals surface area contributed by atoms with Crippen LogP contribution in [-0.2, 0) is 4.79 Å². The number of anilines is 2. The third-order valence-corrected chi connectivity index (χ3v) is 3.73. The van der Waals surface area contributed by atoms with Crippen LogP contribution in [0.25, 0.3) is 0 Å². The molecule has 2 rings (SSSR count). The number of ether oxygens (including phenoxy) is 1. The minimum atomic E-state index is -2.87. The summed E-state index contributed by atoms with van der Waals surface area (Å²) in [5.74, 6) is 0.0268. The number of amides is 1. The summed E-state index contributed by atoms with van der Waals surface area (Å²) in [5.41, 5.74) is 6.91. The van der Waals surface area contributed by atoms with Crippen LogP contribution >= 0.6 is 11.8 Å². The predicted molar refractivity (Wildman–Crippen MR) is 83.3 cm³/mol. The normalized spacial score (nSPS) is 10.5. The highest BCUT2D eigenvalue weighted by atomic mass is 32.2. The van der Waals surface area contributed by atoms with E-state index in [4.69, 9.17) is 5.73 Å². The summed E-state index contributed by atoms with van der Waals surface area (Å²) in [6, 6.07) is 13.0. The standard InChI is InChI=1S/C15H14F2N2O2S/c16-15(17)21-11-7-5-10(6-8-11)19-14(20)9-22-13-4-2-1-3-12(13)18/h1-8,15H,9,18H2,(H,19,20). The molecule has 1 amide bonds. The van der Waals surface area contributed by atoms with Gasteiger partial charge < -0.3 is 15.8 Å². The number of benzene rings is 2. The molecule has 116 valence electrons. The van der Waals surface area contributed by atoms with Gasteiger partial charge in [0.15, 0.2) is 0 Å². The van der Waals surface area contributed by atoms with Gasteiger partial charge in [0.05, 0.1) is 5.75 Å². The molecule has 0 radical (unpaired) electrons. The average Bonchev–Trinajstić information content (AvgIpc) is 2.48. The van der Waals surface area contributed by atoms with Crippen molar-refractivity contribution in [3.05, 3.63) is 48.5 Å². The fourth-order valence-electron chi connectivity index (χ4n) is 1.67. The molecule has 0 fully saturated rings. The highest BCUT2D eigenvalue weighted by Crippen LogP contribution is 2.24. The zero-order valence-electron chi connectivity index (χ0n) is 11.5. The second-order valence-corrected chi connectivity index (χ2v) is 5.29. The van der Waals surface area contributed by atoms with Gasteiger partial charge in [-0.2, -0.15) is 8.78 Å². The van der Waals surface area contributed by atoms with Crippen molar-refractivity contribution in [3.63, 3.8) is 0 Å². The Balaban J connectivity index is 1.85. The van der Waals surface area contributed by atoms with Crippen LogP contribution in [0.2, 0.25) is 0 Å². The van der Waals surface area contributed by atoms with Crippen molar-refractivity contribution in [2.45, 2.75) is 11.5 Å². The molecule has 0 atom stereocenters. The Morgan fingerprint density at radius 1 is 1.18 bits per heavy atom. The molecular weight excluding hydrogens is 310 g/mol. The maximum atomic E-state index is 12.0. The summed E-state index contributed by atoms with van der Waals surface area (Å²) in [6.45, 7) is -2.87. The Kier molecular flexibility index (Phi) is 5.60. The summed E-state index contributed by atoms with van der Waals surface area (Å²) < 4.78 is 28.3. The Bertz CT molecular complexity index is 636. The Hall–Kier alpha value is -2.28. The van der Waals surface area contributed by atoms with Crippen molar-refractivity contribution in [2.75, 3.05) is 16.8 Å². The average molecular weight is 324 g/mol. The minimum absolute atomic E-state index is 0.0411. The minimum Gasteiger partial charge on any atom is -0.435 e. The van der Waals surface area contributed by atoms with Gasteiger partial charge in [0.2, 0.25) is 5.91 Å². The lowest BCUT2D eigenvalue weighted by atomic mass is 10.3. The highest BCUT2D eigenvalue weighted by molar-refractivity contribution is 8.00. The first kappa shape index (κ1) is 16.1.